The minimum absolute atomic E-state index is 0.0532. The van der Waals surface area contributed by atoms with Crippen molar-refractivity contribution in [3.05, 3.63) is 69.5 Å². The zero-order valence-electron chi connectivity index (χ0n) is 10.1. The van der Waals surface area contributed by atoms with Crippen LogP contribution < -0.4 is 5.32 Å². The number of anilines is 1. The number of nitro benzene ring substituents is 1. The Kier molecular flexibility index (Phi) is 3.88. The van der Waals surface area contributed by atoms with Crippen molar-refractivity contribution in [2.45, 2.75) is 6.54 Å². The fourth-order valence-corrected chi connectivity index (χ4v) is 1.71. The molecule has 0 aliphatic rings. The van der Waals surface area contributed by atoms with Gasteiger partial charge in [0.15, 0.2) is 17.5 Å². The van der Waals surface area contributed by atoms with Gasteiger partial charge in [-0.3, -0.25) is 10.1 Å². The molecule has 104 valence electrons. The predicted molar refractivity (Wildman–Crippen MR) is 66.7 cm³/mol. The number of rotatable bonds is 4. The molecule has 20 heavy (non-hydrogen) atoms. The minimum atomic E-state index is -1.07. The smallest absolute Gasteiger partial charge is 0.295 e. The molecule has 0 aromatic heterocycles. The Morgan fingerprint density at radius 3 is 2.40 bits per heavy atom. The van der Waals surface area contributed by atoms with Gasteiger partial charge in [-0.25, -0.2) is 13.2 Å². The average Bonchev–Trinajstić information content (AvgIpc) is 2.41. The summed E-state index contributed by atoms with van der Waals surface area (Å²) in [4.78, 5) is 10.0. The van der Waals surface area contributed by atoms with Gasteiger partial charge in [0.25, 0.3) is 5.69 Å². The van der Waals surface area contributed by atoms with Crippen molar-refractivity contribution in [2.24, 2.45) is 0 Å². The van der Waals surface area contributed by atoms with Gasteiger partial charge >= 0.3 is 0 Å². The molecule has 2 aromatic carbocycles. The van der Waals surface area contributed by atoms with E-state index in [-0.39, 0.29) is 17.8 Å². The number of benzene rings is 2. The van der Waals surface area contributed by atoms with Gasteiger partial charge in [-0.2, -0.15) is 0 Å². The Morgan fingerprint density at radius 1 is 1.05 bits per heavy atom. The largest absolute Gasteiger partial charge is 0.373 e. The van der Waals surface area contributed by atoms with Gasteiger partial charge in [-0.1, -0.05) is 18.2 Å². The molecule has 1 N–H and O–H groups in total. The highest BCUT2D eigenvalue weighted by Crippen LogP contribution is 2.27. The molecule has 0 atom stereocenters. The molecule has 0 spiro atoms. The molecule has 0 aliphatic heterocycles. The van der Waals surface area contributed by atoms with E-state index in [9.17, 15) is 23.3 Å². The summed E-state index contributed by atoms with van der Waals surface area (Å²) >= 11 is 0. The van der Waals surface area contributed by atoms with E-state index in [4.69, 9.17) is 0 Å². The Morgan fingerprint density at radius 2 is 1.70 bits per heavy atom. The maximum atomic E-state index is 13.6. The lowest BCUT2D eigenvalue weighted by Gasteiger charge is -2.09. The van der Waals surface area contributed by atoms with Crippen molar-refractivity contribution < 1.29 is 18.1 Å². The fourth-order valence-electron chi connectivity index (χ4n) is 1.71. The first-order chi connectivity index (χ1) is 9.50. The molecule has 4 nitrogen and oxygen atoms in total. The molecule has 0 fully saturated rings. The molecule has 0 saturated carbocycles. The number of para-hydroxylation sites is 1. The maximum Gasteiger partial charge on any atom is 0.295 e. The van der Waals surface area contributed by atoms with E-state index in [2.05, 4.69) is 5.32 Å². The molecule has 0 amide bonds. The van der Waals surface area contributed by atoms with Crippen molar-refractivity contribution in [2.75, 3.05) is 5.32 Å². The quantitative estimate of drug-likeness (QED) is 0.688. The standard InChI is InChI=1S/C13H9F3N2O2/c14-9-4-1-3-8(12(9)16)7-17-13-10(15)5-2-6-11(13)18(19)20/h1-6,17H,7H2. The third kappa shape index (κ3) is 2.71. The van der Waals surface area contributed by atoms with Crippen LogP contribution in [0, 0.1) is 27.6 Å². The van der Waals surface area contributed by atoms with Crippen LogP contribution in [-0.2, 0) is 6.54 Å². The molecule has 0 aliphatic carbocycles. The minimum Gasteiger partial charge on any atom is -0.373 e. The molecular formula is C13H9F3N2O2. The summed E-state index contributed by atoms with van der Waals surface area (Å²) in [6.45, 7) is -0.272. The molecule has 0 unspecified atom stereocenters. The number of nitrogens with one attached hydrogen (secondary N) is 1. The third-order valence-electron chi connectivity index (χ3n) is 2.68. The van der Waals surface area contributed by atoms with Crippen molar-refractivity contribution in [1.29, 1.82) is 0 Å². The molecule has 0 heterocycles. The van der Waals surface area contributed by atoms with Gasteiger partial charge < -0.3 is 5.32 Å². The Bertz CT molecular complexity index is 662. The van der Waals surface area contributed by atoms with Crippen molar-refractivity contribution >= 4 is 11.4 Å². The van der Waals surface area contributed by atoms with Gasteiger partial charge in [0, 0.05) is 18.2 Å². The predicted octanol–water partition coefficient (Wildman–Crippen LogP) is 3.62. The van der Waals surface area contributed by atoms with E-state index in [1.165, 1.54) is 18.2 Å². The summed E-state index contributed by atoms with van der Waals surface area (Å²) in [6.07, 6.45) is 0. The van der Waals surface area contributed by atoms with E-state index in [0.29, 0.717) is 0 Å². The monoisotopic (exact) mass is 282 g/mol. The van der Waals surface area contributed by atoms with E-state index in [1.807, 2.05) is 0 Å². The number of hydrogen-bond donors (Lipinski definition) is 1. The van der Waals surface area contributed by atoms with Gasteiger partial charge in [-0.05, 0) is 12.1 Å². The lowest BCUT2D eigenvalue weighted by atomic mass is 10.2. The van der Waals surface area contributed by atoms with Crippen molar-refractivity contribution in [3.63, 3.8) is 0 Å². The molecule has 2 aromatic rings. The van der Waals surface area contributed by atoms with Crippen molar-refractivity contribution in [3.8, 4) is 0 Å². The molecule has 7 heteroatoms. The number of halogens is 3. The number of hydrogen-bond acceptors (Lipinski definition) is 3. The lowest BCUT2D eigenvalue weighted by molar-refractivity contribution is -0.384. The average molecular weight is 282 g/mol. The Labute approximate surface area is 112 Å². The fraction of sp³-hybridized carbons (Fsp3) is 0.0769. The number of nitrogens with zero attached hydrogens (tertiary/aromatic N) is 1. The first-order valence-electron chi connectivity index (χ1n) is 5.60. The van der Waals surface area contributed by atoms with Crippen LogP contribution >= 0.6 is 0 Å². The Hall–Kier alpha value is -2.57. The van der Waals surface area contributed by atoms with Crippen LogP contribution in [0.1, 0.15) is 5.56 Å². The zero-order chi connectivity index (χ0) is 14.7. The highest BCUT2D eigenvalue weighted by Gasteiger charge is 2.18. The SMILES string of the molecule is O=[N+]([O-])c1cccc(F)c1NCc1cccc(F)c1F. The summed E-state index contributed by atoms with van der Waals surface area (Å²) in [5, 5.41) is 13.2. The topological polar surface area (TPSA) is 55.2 Å². The molecule has 0 bridgehead atoms. The molecule has 0 saturated heterocycles. The van der Waals surface area contributed by atoms with Crippen LogP contribution in [0.3, 0.4) is 0 Å². The van der Waals surface area contributed by atoms with E-state index >= 15 is 0 Å². The van der Waals surface area contributed by atoms with Crippen LogP contribution in [0.25, 0.3) is 0 Å². The summed E-state index contributed by atoms with van der Waals surface area (Å²) in [6, 6.07) is 6.90. The van der Waals surface area contributed by atoms with E-state index in [1.54, 1.807) is 0 Å². The van der Waals surface area contributed by atoms with E-state index < -0.39 is 28.1 Å². The van der Waals surface area contributed by atoms with Crippen LogP contribution in [-0.4, -0.2) is 4.92 Å². The van der Waals surface area contributed by atoms with Gasteiger partial charge in [0.05, 0.1) is 4.92 Å². The molecule has 0 radical (unpaired) electrons. The molecule has 2 rings (SSSR count). The van der Waals surface area contributed by atoms with E-state index in [0.717, 1.165) is 18.2 Å². The normalized spacial score (nSPS) is 10.3. The second-order valence-electron chi connectivity index (χ2n) is 3.96. The van der Waals surface area contributed by atoms with Gasteiger partial charge in [0.1, 0.15) is 5.69 Å². The van der Waals surface area contributed by atoms with Crippen LogP contribution in [0.2, 0.25) is 0 Å². The van der Waals surface area contributed by atoms with Gasteiger partial charge in [-0.15, -0.1) is 0 Å². The van der Waals surface area contributed by atoms with Crippen LogP contribution in [0.5, 0.6) is 0 Å². The van der Waals surface area contributed by atoms with Crippen LogP contribution in [0.15, 0.2) is 36.4 Å². The lowest BCUT2D eigenvalue weighted by Crippen LogP contribution is -2.07. The summed E-state index contributed by atoms with van der Waals surface area (Å²) < 4.78 is 40.0. The summed E-state index contributed by atoms with van der Waals surface area (Å²) in [5.74, 6) is -2.94. The first kappa shape index (κ1) is 13.9. The zero-order valence-corrected chi connectivity index (χ0v) is 10.1. The molecular weight excluding hydrogens is 273 g/mol. The Balaban J connectivity index is 2.27. The second-order valence-corrected chi connectivity index (χ2v) is 3.96. The number of nitro groups is 1. The third-order valence-corrected chi connectivity index (χ3v) is 2.68. The van der Waals surface area contributed by atoms with Crippen LogP contribution in [0.4, 0.5) is 24.5 Å². The second kappa shape index (κ2) is 5.60. The summed E-state index contributed by atoms with van der Waals surface area (Å²) in [7, 11) is 0. The maximum absolute atomic E-state index is 13.6. The first-order valence-corrected chi connectivity index (χ1v) is 5.60. The summed E-state index contributed by atoms with van der Waals surface area (Å²) in [5.41, 5.74) is -0.884. The van der Waals surface area contributed by atoms with Gasteiger partial charge in [0.2, 0.25) is 0 Å². The van der Waals surface area contributed by atoms with Crippen molar-refractivity contribution in [1.82, 2.24) is 0 Å². The highest BCUT2D eigenvalue weighted by molar-refractivity contribution is 5.62. The highest BCUT2D eigenvalue weighted by atomic mass is 19.2.